The average molecular weight is 575 g/mol. The third-order valence-corrected chi connectivity index (χ3v) is 7.51. The molecule has 0 aliphatic rings. The Labute approximate surface area is 236 Å². The Morgan fingerprint density at radius 1 is 0.692 bits per heavy atom. The highest BCUT2D eigenvalue weighted by atomic mass is 32.1. The molecule has 0 saturated carbocycles. The molecule has 2 aromatic heterocycles. The number of hydrogen-bond donors (Lipinski definition) is 1. The number of benzene rings is 2. The Kier molecular flexibility index (Phi) is 10.0. The summed E-state index contributed by atoms with van der Waals surface area (Å²) in [4.78, 5) is 24.3. The summed E-state index contributed by atoms with van der Waals surface area (Å²) < 4.78 is 29.1. The maximum absolute atomic E-state index is 12.3. The van der Waals surface area contributed by atoms with Crippen LogP contribution in [0.3, 0.4) is 0 Å². The summed E-state index contributed by atoms with van der Waals surface area (Å²) in [5.74, 6) is 1.07. The Morgan fingerprint density at radius 2 is 1.13 bits per heavy atom. The summed E-state index contributed by atoms with van der Waals surface area (Å²) in [5, 5.41) is 10.9. The molecule has 0 bridgehead atoms. The standard InChI is InChI=1S/C16H20O4S.C13H14O4S/c1-9(2)19-13-11-7-6-8-12(18-5)14(11)21-15(13)16(17)20-10(3)4;1-7(2)17-10-8-5-4-6-9(16-3)11(8)18-12(10)13(14)15/h6-10H,1-5H3;4-7H,1-3H3,(H,14,15). The third kappa shape index (κ3) is 6.93. The smallest absolute Gasteiger partial charge is 0.352 e. The van der Waals surface area contributed by atoms with E-state index in [1.54, 1.807) is 14.2 Å². The molecule has 0 saturated heterocycles. The van der Waals surface area contributed by atoms with E-state index in [0.717, 1.165) is 25.9 Å². The molecule has 2 heterocycles. The van der Waals surface area contributed by atoms with Crippen molar-refractivity contribution in [2.24, 2.45) is 0 Å². The van der Waals surface area contributed by atoms with Gasteiger partial charge in [0, 0.05) is 10.8 Å². The molecule has 0 unspecified atom stereocenters. The van der Waals surface area contributed by atoms with Gasteiger partial charge in [0.15, 0.2) is 21.3 Å². The molecule has 39 heavy (non-hydrogen) atoms. The molecule has 10 heteroatoms. The zero-order valence-electron chi connectivity index (χ0n) is 23.3. The lowest BCUT2D eigenvalue weighted by Crippen LogP contribution is -2.13. The molecule has 1 N–H and O–H groups in total. The first-order valence-electron chi connectivity index (χ1n) is 12.4. The van der Waals surface area contributed by atoms with Gasteiger partial charge in [0.2, 0.25) is 0 Å². The number of hydrogen-bond acceptors (Lipinski definition) is 9. The van der Waals surface area contributed by atoms with Gasteiger partial charge in [-0.1, -0.05) is 12.1 Å². The van der Waals surface area contributed by atoms with Gasteiger partial charge in [-0.2, -0.15) is 0 Å². The molecule has 210 valence electrons. The second kappa shape index (κ2) is 13.0. The molecule has 4 aromatic rings. The number of carboxylic acid groups (broad SMARTS) is 1. The highest BCUT2D eigenvalue weighted by Crippen LogP contribution is 2.44. The van der Waals surface area contributed by atoms with Crippen LogP contribution in [0.15, 0.2) is 36.4 Å². The van der Waals surface area contributed by atoms with E-state index in [4.69, 9.17) is 23.7 Å². The first kappa shape index (κ1) is 30.0. The predicted molar refractivity (Wildman–Crippen MR) is 156 cm³/mol. The second-order valence-corrected chi connectivity index (χ2v) is 11.3. The first-order chi connectivity index (χ1) is 18.5. The molecule has 0 radical (unpaired) electrons. The molecule has 0 aliphatic carbocycles. The van der Waals surface area contributed by atoms with E-state index in [9.17, 15) is 14.7 Å². The normalized spacial score (nSPS) is 11.1. The van der Waals surface area contributed by atoms with E-state index in [1.165, 1.54) is 22.7 Å². The number of methoxy groups -OCH3 is 2. The van der Waals surface area contributed by atoms with E-state index in [1.807, 2.05) is 77.9 Å². The van der Waals surface area contributed by atoms with E-state index >= 15 is 0 Å². The van der Waals surface area contributed by atoms with Crippen LogP contribution in [0.2, 0.25) is 0 Å². The Hall–Kier alpha value is -3.50. The lowest BCUT2D eigenvalue weighted by atomic mass is 10.2. The number of carbonyl (C=O) groups excluding carboxylic acids is 1. The number of ether oxygens (including phenoxy) is 5. The van der Waals surface area contributed by atoms with Gasteiger partial charge < -0.3 is 28.8 Å². The van der Waals surface area contributed by atoms with Crippen molar-refractivity contribution in [1.29, 1.82) is 0 Å². The van der Waals surface area contributed by atoms with Crippen LogP contribution in [0.1, 0.15) is 60.9 Å². The van der Waals surface area contributed by atoms with Gasteiger partial charge in [0.05, 0.1) is 41.9 Å². The highest BCUT2D eigenvalue weighted by Gasteiger charge is 2.25. The Morgan fingerprint density at radius 3 is 1.51 bits per heavy atom. The molecule has 8 nitrogen and oxygen atoms in total. The van der Waals surface area contributed by atoms with Crippen LogP contribution < -0.4 is 18.9 Å². The molecule has 0 fully saturated rings. The number of carbonyl (C=O) groups is 2. The number of thiophene rings is 2. The van der Waals surface area contributed by atoms with Crippen molar-refractivity contribution in [1.82, 2.24) is 0 Å². The number of esters is 1. The van der Waals surface area contributed by atoms with Crippen molar-refractivity contribution in [3.05, 3.63) is 46.2 Å². The Bertz CT molecular complexity index is 1450. The summed E-state index contributed by atoms with van der Waals surface area (Å²) in [6.45, 7) is 11.3. The number of aromatic carboxylic acids is 1. The maximum Gasteiger partial charge on any atom is 0.352 e. The fourth-order valence-corrected chi connectivity index (χ4v) is 5.88. The van der Waals surface area contributed by atoms with Crippen molar-refractivity contribution >= 4 is 54.8 Å². The van der Waals surface area contributed by atoms with Crippen LogP contribution in [0.4, 0.5) is 0 Å². The minimum Gasteiger partial charge on any atom is -0.495 e. The molecular weight excluding hydrogens is 540 g/mol. The summed E-state index contributed by atoms with van der Waals surface area (Å²) in [6.07, 6.45) is -0.275. The van der Waals surface area contributed by atoms with Crippen molar-refractivity contribution in [2.45, 2.75) is 59.9 Å². The summed E-state index contributed by atoms with van der Waals surface area (Å²) in [6, 6.07) is 11.2. The SMILES string of the molecule is COc1cccc2c(OC(C)C)c(C(=O)O)sc12.COc1cccc2c(OC(C)C)c(C(=O)OC(C)C)sc12. The minimum atomic E-state index is -0.978. The predicted octanol–water partition coefficient (Wildman–Crippen LogP) is 7.66. The van der Waals surface area contributed by atoms with E-state index in [2.05, 4.69) is 0 Å². The van der Waals surface area contributed by atoms with Crippen LogP contribution in [0, 0.1) is 0 Å². The fraction of sp³-hybridized carbons (Fsp3) is 0.379. The zero-order chi connectivity index (χ0) is 28.9. The van der Waals surface area contributed by atoms with E-state index in [0.29, 0.717) is 22.1 Å². The quantitative estimate of drug-likeness (QED) is 0.203. The Balaban J connectivity index is 0.000000218. The number of rotatable bonds is 9. The van der Waals surface area contributed by atoms with E-state index < -0.39 is 5.97 Å². The average Bonchev–Trinajstić information content (AvgIpc) is 3.42. The minimum absolute atomic E-state index is 0.0281. The van der Waals surface area contributed by atoms with Crippen LogP contribution in [0.5, 0.6) is 23.0 Å². The van der Waals surface area contributed by atoms with Crippen LogP contribution in [-0.2, 0) is 4.74 Å². The number of carboxylic acids is 1. The molecule has 0 aliphatic heterocycles. The number of fused-ring (bicyclic) bond motifs is 2. The van der Waals surface area contributed by atoms with Gasteiger partial charge in [-0.3, -0.25) is 0 Å². The van der Waals surface area contributed by atoms with Crippen LogP contribution >= 0.6 is 22.7 Å². The lowest BCUT2D eigenvalue weighted by molar-refractivity contribution is 0.0378. The molecule has 4 rings (SSSR count). The van der Waals surface area contributed by atoms with Gasteiger partial charge in [0.25, 0.3) is 0 Å². The lowest BCUT2D eigenvalue weighted by Gasteiger charge is -2.12. The van der Waals surface area contributed by atoms with Gasteiger partial charge in [0.1, 0.15) is 11.5 Å². The van der Waals surface area contributed by atoms with E-state index in [-0.39, 0.29) is 29.2 Å². The highest BCUT2D eigenvalue weighted by molar-refractivity contribution is 7.22. The maximum atomic E-state index is 12.3. The van der Waals surface area contributed by atoms with Crippen molar-refractivity contribution in [3.8, 4) is 23.0 Å². The van der Waals surface area contributed by atoms with Gasteiger partial charge >= 0.3 is 11.9 Å². The first-order valence-corrected chi connectivity index (χ1v) is 14.1. The third-order valence-electron chi connectivity index (χ3n) is 5.14. The fourth-order valence-electron chi connectivity index (χ4n) is 3.71. The van der Waals surface area contributed by atoms with Crippen LogP contribution in [0.25, 0.3) is 20.2 Å². The molecule has 0 amide bonds. The molecular formula is C29H34O8S2. The van der Waals surface area contributed by atoms with Crippen molar-refractivity contribution < 1.29 is 38.4 Å². The topological polar surface area (TPSA) is 101 Å². The van der Waals surface area contributed by atoms with Gasteiger partial charge in [-0.25, -0.2) is 9.59 Å². The molecule has 2 aromatic carbocycles. The van der Waals surface area contributed by atoms with Crippen molar-refractivity contribution in [3.63, 3.8) is 0 Å². The van der Waals surface area contributed by atoms with Gasteiger partial charge in [-0.05, 0) is 65.8 Å². The summed E-state index contributed by atoms with van der Waals surface area (Å²) in [5.41, 5.74) is 0. The zero-order valence-corrected chi connectivity index (χ0v) is 25.0. The summed E-state index contributed by atoms with van der Waals surface area (Å²) >= 11 is 2.52. The molecule has 0 spiro atoms. The van der Waals surface area contributed by atoms with Crippen LogP contribution in [-0.4, -0.2) is 49.6 Å². The van der Waals surface area contributed by atoms with Crippen molar-refractivity contribution in [2.75, 3.05) is 14.2 Å². The monoisotopic (exact) mass is 574 g/mol. The summed E-state index contributed by atoms with van der Waals surface area (Å²) in [7, 11) is 3.18. The second-order valence-electron chi connectivity index (χ2n) is 9.29. The molecule has 0 atom stereocenters. The van der Waals surface area contributed by atoms with Gasteiger partial charge in [-0.15, -0.1) is 22.7 Å². The largest absolute Gasteiger partial charge is 0.495 e.